The van der Waals surface area contributed by atoms with Gasteiger partial charge in [0.2, 0.25) is 0 Å². The third-order valence-electron chi connectivity index (χ3n) is 5.07. The number of benzene rings is 1. The molecule has 32 heavy (non-hydrogen) atoms. The fourth-order valence-electron chi connectivity index (χ4n) is 3.72. The van der Waals surface area contributed by atoms with Gasteiger partial charge >= 0.3 is 12.0 Å². The van der Waals surface area contributed by atoms with Crippen LogP contribution in [0, 0.1) is 0 Å². The van der Waals surface area contributed by atoms with Crippen molar-refractivity contribution >= 4 is 12.0 Å². The number of hydrogen-bond donors (Lipinski definition) is 2. The molecular formula is C24H25N3O5. The first-order valence-corrected chi connectivity index (χ1v) is 10.4. The maximum absolute atomic E-state index is 12.9. The van der Waals surface area contributed by atoms with Gasteiger partial charge in [0.15, 0.2) is 0 Å². The van der Waals surface area contributed by atoms with E-state index in [1.54, 1.807) is 25.3 Å². The van der Waals surface area contributed by atoms with Crippen LogP contribution in [0.3, 0.4) is 0 Å². The lowest BCUT2D eigenvalue weighted by Crippen LogP contribution is -2.48. The maximum atomic E-state index is 12.9. The average molecular weight is 435 g/mol. The number of hydrogen-bond acceptors (Lipinski definition) is 6. The highest BCUT2D eigenvalue weighted by Crippen LogP contribution is 2.29. The SMILES string of the molecule is CCOC(=O)C1=C(CN(Cc2ccccc2)Cc2ccco2)NC(=O)N[C@@H]1c1ccco1. The number of urea groups is 1. The Morgan fingerprint density at radius 3 is 2.47 bits per heavy atom. The number of amides is 2. The van der Waals surface area contributed by atoms with Gasteiger partial charge in [-0.15, -0.1) is 0 Å². The molecule has 8 nitrogen and oxygen atoms in total. The fraction of sp³-hybridized carbons (Fsp3) is 0.250. The van der Waals surface area contributed by atoms with Crippen LogP contribution < -0.4 is 10.6 Å². The molecule has 1 atom stereocenters. The number of nitrogens with one attached hydrogen (secondary N) is 2. The summed E-state index contributed by atoms with van der Waals surface area (Å²) in [6, 6.07) is 16.0. The number of furan rings is 2. The van der Waals surface area contributed by atoms with Crippen molar-refractivity contribution in [3.8, 4) is 0 Å². The predicted molar refractivity (Wildman–Crippen MR) is 116 cm³/mol. The Labute approximate surface area is 185 Å². The monoisotopic (exact) mass is 435 g/mol. The standard InChI is InChI=1S/C24H25N3O5/c1-2-30-23(28)21-19(25-24(29)26-22(21)20-11-7-13-32-20)16-27(15-18-10-6-12-31-18)14-17-8-4-3-5-9-17/h3-13,22H,2,14-16H2,1H3,(H2,25,26,29)/t22-/m1/s1. The van der Waals surface area contributed by atoms with E-state index in [1.807, 2.05) is 42.5 Å². The van der Waals surface area contributed by atoms with E-state index in [0.717, 1.165) is 11.3 Å². The minimum absolute atomic E-state index is 0.217. The molecule has 1 aromatic carbocycles. The van der Waals surface area contributed by atoms with Crippen LogP contribution in [0.5, 0.6) is 0 Å². The predicted octanol–water partition coefficient (Wildman–Crippen LogP) is 3.75. The van der Waals surface area contributed by atoms with E-state index >= 15 is 0 Å². The molecule has 2 aromatic heterocycles. The van der Waals surface area contributed by atoms with Crippen molar-refractivity contribution in [3.63, 3.8) is 0 Å². The van der Waals surface area contributed by atoms with Gasteiger partial charge in [-0.25, -0.2) is 9.59 Å². The average Bonchev–Trinajstić information content (AvgIpc) is 3.48. The molecule has 0 spiro atoms. The molecule has 0 saturated carbocycles. The molecule has 0 aliphatic carbocycles. The Kier molecular flexibility index (Phi) is 6.72. The lowest BCUT2D eigenvalue weighted by Gasteiger charge is -2.31. The van der Waals surface area contributed by atoms with Crippen LogP contribution in [0.2, 0.25) is 0 Å². The Balaban J connectivity index is 1.69. The zero-order chi connectivity index (χ0) is 22.3. The van der Waals surface area contributed by atoms with Crippen molar-refractivity contribution in [1.29, 1.82) is 0 Å². The first-order chi connectivity index (χ1) is 15.6. The molecule has 0 saturated heterocycles. The van der Waals surface area contributed by atoms with Crippen molar-refractivity contribution < 1.29 is 23.2 Å². The lowest BCUT2D eigenvalue weighted by atomic mass is 9.99. The summed E-state index contributed by atoms with van der Waals surface area (Å²) < 4.78 is 16.4. The van der Waals surface area contributed by atoms with Crippen LogP contribution in [-0.4, -0.2) is 30.1 Å². The van der Waals surface area contributed by atoms with E-state index in [-0.39, 0.29) is 6.61 Å². The van der Waals surface area contributed by atoms with E-state index in [4.69, 9.17) is 13.6 Å². The van der Waals surface area contributed by atoms with Crippen LogP contribution in [0.1, 0.15) is 30.0 Å². The number of rotatable bonds is 9. The third kappa shape index (κ3) is 5.09. The van der Waals surface area contributed by atoms with Crippen LogP contribution >= 0.6 is 0 Å². The molecule has 0 unspecified atom stereocenters. The normalized spacial score (nSPS) is 16.1. The van der Waals surface area contributed by atoms with E-state index in [0.29, 0.717) is 36.7 Å². The van der Waals surface area contributed by atoms with Gasteiger partial charge in [-0.1, -0.05) is 30.3 Å². The van der Waals surface area contributed by atoms with E-state index in [2.05, 4.69) is 15.5 Å². The minimum Gasteiger partial charge on any atom is -0.468 e. The van der Waals surface area contributed by atoms with Crippen molar-refractivity contribution in [2.75, 3.05) is 13.2 Å². The summed E-state index contributed by atoms with van der Waals surface area (Å²) in [7, 11) is 0. The van der Waals surface area contributed by atoms with Gasteiger partial charge in [0.1, 0.15) is 17.6 Å². The van der Waals surface area contributed by atoms with Crippen LogP contribution in [0.25, 0.3) is 0 Å². The number of carbonyl (C=O) groups excluding carboxylic acids is 2. The Hall–Kier alpha value is -3.78. The van der Waals surface area contributed by atoms with Gasteiger partial charge in [0, 0.05) is 18.8 Å². The smallest absolute Gasteiger partial charge is 0.338 e. The van der Waals surface area contributed by atoms with Crippen molar-refractivity contribution in [1.82, 2.24) is 15.5 Å². The van der Waals surface area contributed by atoms with Crippen LogP contribution in [0.15, 0.2) is 87.2 Å². The first kappa shape index (κ1) is 21.5. The van der Waals surface area contributed by atoms with Crippen LogP contribution in [-0.2, 0) is 22.6 Å². The van der Waals surface area contributed by atoms with E-state index in [9.17, 15) is 9.59 Å². The summed E-state index contributed by atoms with van der Waals surface area (Å²) >= 11 is 0. The quantitative estimate of drug-likeness (QED) is 0.497. The highest BCUT2D eigenvalue weighted by Gasteiger charge is 2.35. The van der Waals surface area contributed by atoms with Gasteiger partial charge in [-0.05, 0) is 36.8 Å². The van der Waals surface area contributed by atoms with E-state index in [1.165, 1.54) is 6.26 Å². The Morgan fingerprint density at radius 2 is 1.78 bits per heavy atom. The summed E-state index contributed by atoms with van der Waals surface area (Å²) in [5, 5.41) is 5.58. The van der Waals surface area contributed by atoms with Crippen LogP contribution in [0.4, 0.5) is 4.79 Å². The summed E-state index contributed by atoms with van der Waals surface area (Å²) in [6.07, 6.45) is 3.13. The highest BCUT2D eigenvalue weighted by molar-refractivity contribution is 5.95. The summed E-state index contributed by atoms with van der Waals surface area (Å²) in [4.78, 5) is 27.5. The molecule has 0 bridgehead atoms. The zero-order valence-electron chi connectivity index (χ0n) is 17.7. The topological polar surface area (TPSA) is 97.0 Å². The Morgan fingerprint density at radius 1 is 1.00 bits per heavy atom. The van der Waals surface area contributed by atoms with Crippen molar-refractivity contribution in [2.24, 2.45) is 0 Å². The molecule has 8 heteroatoms. The number of nitrogens with zero attached hydrogens (tertiary/aromatic N) is 1. The Bertz CT molecular complexity index is 1060. The molecule has 2 N–H and O–H groups in total. The van der Waals surface area contributed by atoms with Gasteiger partial charge in [-0.2, -0.15) is 0 Å². The van der Waals surface area contributed by atoms with Gasteiger partial charge < -0.3 is 24.2 Å². The largest absolute Gasteiger partial charge is 0.468 e. The number of carbonyl (C=O) groups is 2. The second-order valence-corrected chi connectivity index (χ2v) is 7.37. The second kappa shape index (κ2) is 10.0. The highest BCUT2D eigenvalue weighted by atomic mass is 16.5. The molecule has 2 amide bonds. The second-order valence-electron chi connectivity index (χ2n) is 7.37. The third-order valence-corrected chi connectivity index (χ3v) is 5.07. The molecule has 0 fully saturated rings. The number of esters is 1. The zero-order valence-corrected chi connectivity index (χ0v) is 17.7. The molecule has 3 aromatic rings. The lowest BCUT2D eigenvalue weighted by molar-refractivity contribution is -0.139. The molecule has 1 aliphatic heterocycles. The molecule has 4 rings (SSSR count). The first-order valence-electron chi connectivity index (χ1n) is 10.4. The summed E-state index contributed by atoms with van der Waals surface area (Å²) in [5.74, 6) is 0.733. The fourth-order valence-corrected chi connectivity index (χ4v) is 3.72. The molecule has 166 valence electrons. The number of ether oxygens (including phenoxy) is 1. The van der Waals surface area contributed by atoms with Gasteiger partial charge in [0.05, 0.1) is 31.3 Å². The van der Waals surface area contributed by atoms with E-state index < -0.39 is 18.0 Å². The van der Waals surface area contributed by atoms with Gasteiger partial charge in [-0.3, -0.25) is 4.90 Å². The van der Waals surface area contributed by atoms with Crippen molar-refractivity contribution in [3.05, 3.63) is 95.5 Å². The molecule has 1 aliphatic rings. The molecular weight excluding hydrogens is 410 g/mol. The summed E-state index contributed by atoms with van der Waals surface area (Å²) in [5.41, 5.74) is 1.88. The maximum Gasteiger partial charge on any atom is 0.338 e. The van der Waals surface area contributed by atoms with Crippen molar-refractivity contribution in [2.45, 2.75) is 26.1 Å². The minimum atomic E-state index is -0.741. The van der Waals surface area contributed by atoms with Gasteiger partial charge in [0.25, 0.3) is 0 Å². The summed E-state index contributed by atoms with van der Waals surface area (Å²) in [6.45, 7) is 3.35. The molecule has 3 heterocycles. The molecule has 0 radical (unpaired) electrons.